The van der Waals surface area contributed by atoms with Crippen molar-refractivity contribution >= 4 is 5.91 Å². The number of fused-ring (bicyclic) bond motifs is 2. The lowest BCUT2D eigenvalue weighted by Gasteiger charge is -2.36. The highest BCUT2D eigenvalue weighted by molar-refractivity contribution is 5.79. The molecule has 2 aliphatic rings. The van der Waals surface area contributed by atoms with Gasteiger partial charge in [-0.1, -0.05) is 30.3 Å². The van der Waals surface area contributed by atoms with Crippen LogP contribution in [0.4, 0.5) is 0 Å². The minimum absolute atomic E-state index is 0.00905. The Hall–Kier alpha value is -2.53. The number of benzene rings is 2. The fraction of sp³-hybridized carbons (Fsp3) is 0.458. The summed E-state index contributed by atoms with van der Waals surface area (Å²) in [5.41, 5.74) is 0.964. The van der Waals surface area contributed by atoms with Crippen LogP contribution in [0.2, 0.25) is 0 Å². The number of hydrogen-bond acceptors (Lipinski definition) is 4. The zero-order valence-corrected chi connectivity index (χ0v) is 16.9. The van der Waals surface area contributed by atoms with E-state index in [0.29, 0.717) is 12.4 Å². The molecule has 1 amide bonds. The average molecular weight is 395 g/mol. The number of amides is 1. The van der Waals surface area contributed by atoms with Gasteiger partial charge in [-0.05, 0) is 62.4 Å². The number of rotatable bonds is 8. The summed E-state index contributed by atoms with van der Waals surface area (Å²) in [6, 6.07) is 17.9. The molecule has 5 heteroatoms. The maximum atomic E-state index is 13.0. The van der Waals surface area contributed by atoms with Crippen LogP contribution in [-0.2, 0) is 11.2 Å². The first-order valence-corrected chi connectivity index (χ1v) is 10.5. The van der Waals surface area contributed by atoms with Crippen LogP contribution in [0.3, 0.4) is 0 Å². The molecule has 2 heterocycles. The Morgan fingerprint density at radius 2 is 1.76 bits per heavy atom. The van der Waals surface area contributed by atoms with Crippen molar-refractivity contribution in [2.75, 3.05) is 19.8 Å². The van der Waals surface area contributed by atoms with E-state index in [1.54, 1.807) is 0 Å². The molecule has 2 aromatic rings. The Balaban J connectivity index is 1.41. The third-order valence-electron chi connectivity index (χ3n) is 6.35. The Labute approximate surface area is 172 Å². The van der Waals surface area contributed by atoms with Gasteiger partial charge in [-0.2, -0.15) is 0 Å². The number of carbonyl (C=O) groups excluding carboxylic acids is 1. The summed E-state index contributed by atoms with van der Waals surface area (Å²) in [4.78, 5) is 15.0. The predicted molar refractivity (Wildman–Crippen MR) is 111 cm³/mol. The molecule has 3 atom stereocenters. The van der Waals surface area contributed by atoms with E-state index in [4.69, 9.17) is 9.47 Å². The fourth-order valence-electron chi connectivity index (χ4n) is 5.10. The molecule has 1 N–H and O–H groups in total. The van der Waals surface area contributed by atoms with Crippen LogP contribution < -0.4 is 9.47 Å². The first-order valence-electron chi connectivity index (χ1n) is 10.5. The van der Waals surface area contributed by atoms with E-state index < -0.39 is 0 Å². The van der Waals surface area contributed by atoms with Crippen molar-refractivity contribution in [1.29, 1.82) is 0 Å². The zero-order chi connectivity index (χ0) is 20.3. The Bertz CT molecular complexity index is 823. The molecule has 2 saturated heterocycles. The monoisotopic (exact) mass is 395 g/mol. The summed E-state index contributed by atoms with van der Waals surface area (Å²) < 4.78 is 11.2. The van der Waals surface area contributed by atoms with Gasteiger partial charge < -0.3 is 19.5 Å². The molecule has 0 unspecified atom stereocenters. The van der Waals surface area contributed by atoms with Crippen molar-refractivity contribution in [1.82, 2.24) is 4.90 Å². The minimum atomic E-state index is -0.251. The van der Waals surface area contributed by atoms with Crippen LogP contribution in [-0.4, -0.2) is 47.8 Å². The SMILES string of the molecule is CCOc1ccc(OCC(=O)N2[C@H]3CC[C@@H]2[C@@](CO)(Cc2ccccc2)C3)cc1. The van der Waals surface area contributed by atoms with Gasteiger partial charge in [0, 0.05) is 17.5 Å². The molecule has 2 aliphatic heterocycles. The van der Waals surface area contributed by atoms with Gasteiger partial charge in [-0.25, -0.2) is 0 Å². The third kappa shape index (κ3) is 3.97. The number of aliphatic hydroxyl groups is 1. The molecule has 2 bridgehead atoms. The summed E-state index contributed by atoms with van der Waals surface area (Å²) in [6.45, 7) is 2.68. The summed E-state index contributed by atoms with van der Waals surface area (Å²) >= 11 is 0. The van der Waals surface area contributed by atoms with Crippen LogP contribution in [0, 0.1) is 5.41 Å². The second-order valence-electron chi connectivity index (χ2n) is 8.13. The van der Waals surface area contributed by atoms with Gasteiger partial charge in [0.05, 0.1) is 13.2 Å². The fourth-order valence-corrected chi connectivity index (χ4v) is 5.10. The molecule has 2 aromatic carbocycles. The molecule has 5 nitrogen and oxygen atoms in total. The van der Waals surface area contributed by atoms with Gasteiger partial charge in [0.1, 0.15) is 11.5 Å². The Morgan fingerprint density at radius 1 is 1.07 bits per heavy atom. The quantitative estimate of drug-likeness (QED) is 0.744. The number of nitrogens with zero attached hydrogens (tertiary/aromatic N) is 1. The zero-order valence-electron chi connectivity index (χ0n) is 16.9. The summed E-state index contributed by atoms with van der Waals surface area (Å²) in [7, 11) is 0. The average Bonchev–Trinajstić information content (AvgIpc) is 3.30. The molecular weight excluding hydrogens is 366 g/mol. The topological polar surface area (TPSA) is 59.0 Å². The Morgan fingerprint density at radius 3 is 2.41 bits per heavy atom. The molecule has 0 radical (unpaired) electrons. The van der Waals surface area contributed by atoms with Crippen LogP contribution in [0.15, 0.2) is 54.6 Å². The van der Waals surface area contributed by atoms with E-state index in [0.717, 1.165) is 31.4 Å². The van der Waals surface area contributed by atoms with Crippen molar-refractivity contribution < 1.29 is 19.4 Å². The first-order chi connectivity index (χ1) is 14.1. The van der Waals surface area contributed by atoms with Gasteiger partial charge in [0.2, 0.25) is 0 Å². The van der Waals surface area contributed by atoms with Crippen molar-refractivity contribution in [2.24, 2.45) is 5.41 Å². The van der Waals surface area contributed by atoms with Gasteiger partial charge in [-0.3, -0.25) is 4.79 Å². The largest absolute Gasteiger partial charge is 0.494 e. The molecule has 0 aromatic heterocycles. The maximum Gasteiger partial charge on any atom is 0.261 e. The predicted octanol–water partition coefficient (Wildman–Crippen LogP) is 3.45. The molecule has 29 heavy (non-hydrogen) atoms. The van der Waals surface area contributed by atoms with E-state index in [1.807, 2.05) is 54.3 Å². The number of hydrogen-bond donors (Lipinski definition) is 1. The lowest BCUT2D eigenvalue weighted by atomic mass is 9.70. The molecule has 0 spiro atoms. The molecular formula is C24H29NO4. The lowest BCUT2D eigenvalue weighted by Crippen LogP contribution is -2.45. The van der Waals surface area contributed by atoms with Gasteiger partial charge in [0.25, 0.3) is 5.91 Å². The maximum absolute atomic E-state index is 13.0. The lowest BCUT2D eigenvalue weighted by molar-refractivity contribution is -0.135. The second kappa shape index (κ2) is 8.46. The summed E-state index contributed by atoms with van der Waals surface area (Å²) in [6.07, 6.45) is 3.62. The van der Waals surface area contributed by atoms with E-state index >= 15 is 0 Å². The second-order valence-corrected chi connectivity index (χ2v) is 8.13. The van der Waals surface area contributed by atoms with Crippen LogP contribution in [0.5, 0.6) is 11.5 Å². The van der Waals surface area contributed by atoms with Crippen molar-refractivity contribution in [3.63, 3.8) is 0 Å². The van der Waals surface area contributed by atoms with Crippen LogP contribution in [0.25, 0.3) is 0 Å². The smallest absolute Gasteiger partial charge is 0.261 e. The number of aliphatic hydroxyl groups excluding tert-OH is 1. The molecule has 2 fully saturated rings. The van der Waals surface area contributed by atoms with Gasteiger partial charge >= 0.3 is 0 Å². The molecule has 0 saturated carbocycles. The Kier molecular flexibility index (Phi) is 5.76. The van der Waals surface area contributed by atoms with E-state index in [2.05, 4.69) is 12.1 Å². The number of carbonyl (C=O) groups is 1. The van der Waals surface area contributed by atoms with Crippen LogP contribution >= 0.6 is 0 Å². The van der Waals surface area contributed by atoms with Crippen LogP contribution in [0.1, 0.15) is 31.7 Å². The van der Waals surface area contributed by atoms with Gasteiger partial charge in [-0.15, -0.1) is 0 Å². The van der Waals surface area contributed by atoms with E-state index in [1.165, 1.54) is 5.56 Å². The summed E-state index contributed by atoms with van der Waals surface area (Å²) in [5, 5.41) is 10.3. The minimum Gasteiger partial charge on any atom is -0.494 e. The van der Waals surface area contributed by atoms with Crippen molar-refractivity contribution in [3.05, 3.63) is 60.2 Å². The highest BCUT2D eigenvalue weighted by Crippen LogP contribution is 2.51. The van der Waals surface area contributed by atoms with Crippen molar-refractivity contribution in [3.8, 4) is 11.5 Å². The van der Waals surface area contributed by atoms with Crippen molar-refractivity contribution in [2.45, 2.75) is 44.7 Å². The van der Waals surface area contributed by atoms with Gasteiger partial charge in [0.15, 0.2) is 6.61 Å². The first kappa shape index (κ1) is 19.8. The standard InChI is InChI=1S/C24H29NO4/c1-2-28-20-9-11-21(12-10-20)29-16-23(27)25-19-8-13-22(25)24(15-19,17-26)14-18-6-4-3-5-7-18/h3-7,9-12,19,22,26H,2,8,13-17H2,1H3/t19-,22+,24-/m0/s1. The molecule has 4 rings (SSSR count). The normalized spacial score (nSPS) is 25.2. The summed E-state index contributed by atoms with van der Waals surface area (Å²) in [5.74, 6) is 1.46. The van der Waals surface area contributed by atoms with E-state index in [9.17, 15) is 9.90 Å². The van der Waals surface area contributed by atoms with E-state index in [-0.39, 0.29) is 36.6 Å². The molecule has 154 valence electrons. The number of ether oxygens (including phenoxy) is 2. The third-order valence-corrected chi connectivity index (χ3v) is 6.35. The highest BCUT2D eigenvalue weighted by atomic mass is 16.5. The molecule has 0 aliphatic carbocycles. The highest BCUT2D eigenvalue weighted by Gasteiger charge is 2.56.